The van der Waals surface area contributed by atoms with E-state index in [0.29, 0.717) is 0 Å². The lowest BCUT2D eigenvalue weighted by atomic mass is 10.0. The number of benzene rings is 2. The van der Waals surface area contributed by atoms with Gasteiger partial charge in [0, 0.05) is 63.4 Å². The average Bonchev–Trinajstić information content (AvgIpc) is 2.84. The third-order valence-corrected chi connectivity index (χ3v) is 5.13. The van der Waals surface area contributed by atoms with Gasteiger partial charge in [0.25, 0.3) is 0 Å². The van der Waals surface area contributed by atoms with E-state index in [9.17, 15) is 0 Å². The molecule has 1 aliphatic carbocycles. The van der Waals surface area contributed by atoms with Gasteiger partial charge in [0.2, 0.25) is 0 Å². The Bertz CT molecular complexity index is 1110. The molecule has 0 atom stereocenters. The molecule has 0 heterocycles. The fourth-order valence-corrected chi connectivity index (χ4v) is 3.30. The van der Waals surface area contributed by atoms with Crippen molar-refractivity contribution < 1.29 is 28.9 Å². The standard InChI is InChI=1S/C28H32N4.ClHO4/c1-6-29-25-15-9-22(10-16-25)8-7-21-30-28(23-11-17-26(18-12-23)31(2)3)24-13-19-27(20-14-24)32(4)5;2-1(3,4)5/h7-21H,6H2,1-5H3;(H,2,3,4,5)/p-1. The van der Waals surface area contributed by atoms with E-state index in [2.05, 4.69) is 81.6 Å². The third kappa shape index (κ3) is 10.9. The van der Waals surface area contributed by atoms with Crippen molar-refractivity contribution in [2.75, 3.05) is 44.5 Å². The molecule has 0 amide bonds. The molecular weight excluding hydrogens is 492 g/mol. The first-order chi connectivity index (χ1) is 17.5. The fourth-order valence-electron chi connectivity index (χ4n) is 3.30. The van der Waals surface area contributed by atoms with Crippen molar-refractivity contribution in [3.63, 3.8) is 0 Å². The van der Waals surface area contributed by atoms with Crippen LogP contribution in [0.2, 0.25) is 0 Å². The van der Waals surface area contributed by atoms with Crippen molar-refractivity contribution in [3.05, 3.63) is 108 Å². The van der Waals surface area contributed by atoms with E-state index >= 15 is 0 Å². The van der Waals surface area contributed by atoms with Crippen LogP contribution in [0.5, 0.6) is 0 Å². The predicted molar refractivity (Wildman–Crippen MR) is 141 cm³/mol. The second-order valence-corrected chi connectivity index (χ2v) is 9.07. The quantitative estimate of drug-likeness (QED) is 0.497. The summed E-state index contributed by atoms with van der Waals surface area (Å²) in [6.45, 7) is 2.84. The highest BCUT2D eigenvalue weighted by molar-refractivity contribution is 6.13. The molecule has 0 saturated carbocycles. The molecule has 8 nitrogen and oxygen atoms in total. The van der Waals surface area contributed by atoms with E-state index in [0.717, 1.165) is 46.0 Å². The Labute approximate surface area is 221 Å². The van der Waals surface area contributed by atoms with Crippen molar-refractivity contribution in [2.45, 2.75) is 6.92 Å². The highest BCUT2D eigenvalue weighted by Crippen LogP contribution is 2.19. The average molecular weight is 524 g/mol. The summed E-state index contributed by atoms with van der Waals surface area (Å²) >= 11 is 0. The number of nitrogens with zero attached hydrogens (tertiary/aromatic N) is 4. The van der Waals surface area contributed by atoms with Crippen molar-refractivity contribution in [1.29, 1.82) is 0 Å². The number of aliphatic imine (C=N–C) groups is 2. The Morgan fingerprint density at radius 2 is 1.19 bits per heavy atom. The van der Waals surface area contributed by atoms with Gasteiger partial charge in [-0.15, -0.1) is 10.2 Å². The molecule has 9 heteroatoms. The lowest BCUT2D eigenvalue weighted by Crippen LogP contribution is -2.68. The molecule has 0 fully saturated rings. The van der Waals surface area contributed by atoms with Crippen LogP contribution in [0.25, 0.3) is 0 Å². The molecule has 196 valence electrons. The van der Waals surface area contributed by atoms with Crippen LogP contribution in [0.15, 0.2) is 107 Å². The summed E-state index contributed by atoms with van der Waals surface area (Å²) in [6.07, 6.45) is 14.1. The van der Waals surface area contributed by atoms with Crippen LogP contribution >= 0.6 is 0 Å². The maximum Gasteiger partial charge on any atom is 0.0774 e. The van der Waals surface area contributed by atoms with Gasteiger partial charge in [-0.25, -0.2) is 18.6 Å². The molecule has 0 aromatic heterocycles. The van der Waals surface area contributed by atoms with E-state index in [-0.39, 0.29) is 0 Å². The van der Waals surface area contributed by atoms with E-state index < -0.39 is 10.2 Å². The van der Waals surface area contributed by atoms with Gasteiger partial charge >= 0.3 is 0 Å². The van der Waals surface area contributed by atoms with Gasteiger partial charge in [-0.3, -0.25) is 9.98 Å². The van der Waals surface area contributed by atoms with Crippen LogP contribution in [0.4, 0.5) is 11.4 Å². The number of rotatable bonds is 7. The summed E-state index contributed by atoms with van der Waals surface area (Å²) in [5, 5.41) is 0. The molecule has 3 rings (SSSR count). The molecule has 37 heavy (non-hydrogen) atoms. The van der Waals surface area contributed by atoms with Crippen molar-refractivity contribution in [3.8, 4) is 0 Å². The predicted octanol–water partition coefficient (Wildman–Crippen LogP) is 0.927. The van der Waals surface area contributed by atoms with Crippen LogP contribution in [0.1, 0.15) is 18.1 Å². The van der Waals surface area contributed by atoms with Gasteiger partial charge in [0.1, 0.15) is 0 Å². The van der Waals surface area contributed by atoms with Gasteiger partial charge in [-0.05, 0) is 55.0 Å². The van der Waals surface area contributed by atoms with E-state index in [1.807, 2.05) is 59.5 Å². The van der Waals surface area contributed by atoms with Crippen LogP contribution in [0, 0.1) is 10.2 Å². The minimum atomic E-state index is -4.94. The highest BCUT2D eigenvalue weighted by Gasteiger charge is 2.08. The molecule has 0 unspecified atom stereocenters. The largest absolute Gasteiger partial charge is 0.378 e. The maximum atomic E-state index is 8.49. The fraction of sp³-hybridized carbons (Fsp3) is 0.214. The zero-order valence-electron chi connectivity index (χ0n) is 21.7. The maximum absolute atomic E-state index is 8.49. The topological polar surface area (TPSA) is 123 Å². The lowest BCUT2D eigenvalue weighted by molar-refractivity contribution is -2.00. The number of allylic oxidation sites excluding steroid dienone is 7. The van der Waals surface area contributed by atoms with Crippen LogP contribution in [0.3, 0.4) is 0 Å². The Hall–Kier alpha value is -3.53. The first-order valence-corrected chi connectivity index (χ1v) is 12.7. The summed E-state index contributed by atoms with van der Waals surface area (Å²) < 4.78 is 34.0. The van der Waals surface area contributed by atoms with Gasteiger partial charge in [-0.1, -0.05) is 42.5 Å². The van der Waals surface area contributed by atoms with Gasteiger partial charge in [-0.2, -0.15) is 0 Å². The van der Waals surface area contributed by atoms with Crippen LogP contribution < -0.4 is 28.4 Å². The molecule has 0 aliphatic heterocycles. The minimum Gasteiger partial charge on any atom is -0.378 e. The number of hydrogen-bond donors (Lipinski definition) is 0. The number of hydrogen-bond acceptors (Lipinski definition) is 8. The Morgan fingerprint density at radius 3 is 1.57 bits per heavy atom. The zero-order chi connectivity index (χ0) is 27.4. The highest BCUT2D eigenvalue weighted by atomic mass is 35.7. The Morgan fingerprint density at radius 1 is 0.757 bits per heavy atom. The Kier molecular flexibility index (Phi) is 11.5. The Balaban J connectivity index is 0.000000877. The lowest BCUT2D eigenvalue weighted by Gasteiger charge is -2.17. The van der Waals surface area contributed by atoms with Crippen molar-refractivity contribution >= 4 is 22.8 Å². The first kappa shape index (κ1) is 29.7. The van der Waals surface area contributed by atoms with Crippen LogP contribution in [-0.4, -0.2) is 46.2 Å². The zero-order valence-corrected chi connectivity index (χ0v) is 22.4. The van der Waals surface area contributed by atoms with Crippen LogP contribution in [-0.2, 0) is 0 Å². The smallest absolute Gasteiger partial charge is 0.0774 e. The van der Waals surface area contributed by atoms with E-state index in [1.54, 1.807) is 0 Å². The third-order valence-electron chi connectivity index (χ3n) is 5.13. The summed E-state index contributed by atoms with van der Waals surface area (Å²) in [7, 11) is 3.24. The van der Waals surface area contributed by atoms with Crippen molar-refractivity contribution in [1.82, 2.24) is 0 Å². The molecule has 2 aromatic rings. The first-order valence-electron chi connectivity index (χ1n) is 11.5. The molecule has 0 spiro atoms. The summed E-state index contributed by atoms with van der Waals surface area (Å²) in [5.74, 6) is 0. The summed E-state index contributed by atoms with van der Waals surface area (Å²) in [4.78, 5) is 13.4. The summed E-state index contributed by atoms with van der Waals surface area (Å²) in [5.41, 5.74) is 7.58. The van der Waals surface area contributed by atoms with Gasteiger partial charge in [0.05, 0.1) is 11.4 Å². The van der Waals surface area contributed by atoms with E-state index in [4.69, 9.17) is 23.6 Å². The van der Waals surface area contributed by atoms with Gasteiger partial charge in [0.15, 0.2) is 0 Å². The molecular formula is C28H32ClN4O4-. The SMILES string of the molecule is CCN=C1C=CC(=CC=CN=C(c2ccc(N(C)C)cc2)c2ccc(N(C)C)cc2)C=C1.[O-][Cl+3]([O-])([O-])[O-]. The number of halogens is 1. The molecule has 2 aromatic carbocycles. The van der Waals surface area contributed by atoms with E-state index in [1.165, 1.54) is 0 Å². The van der Waals surface area contributed by atoms with Crippen molar-refractivity contribution in [2.24, 2.45) is 9.98 Å². The normalized spacial score (nSPS) is 12.7. The molecule has 0 saturated heterocycles. The monoisotopic (exact) mass is 523 g/mol. The number of anilines is 2. The molecule has 0 bridgehead atoms. The summed E-state index contributed by atoms with van der Waals surface area (Å²) in [6, 6.07) is 17.0. The molecule has 0 radical (unpaired) electrons. The second kappa shape index (κ2) is 14.3. The molecule has 0 N–H and O–H groups in total. The van der Waals surface area contributed by atoms with Gasteiger partial charge < -0.3 is 9.80 Å². The molecule has 1 aliphatic rings. The minimum absolute atomic E-state index is 0.797. The second-order valence-electron chi connectivity index (χ2n) is 8.31.